The van der Waals surface area contributed by atoms with E-state index in [1.54, 1.807) is 12.1 Å². The molecule has 1 unspecified atom stereocenters. The van der Waals surface area contributed by atoms with Crippen molar-refractivity contribution in [3.63, 3.8) is 0 Å². The van der Waals surface area contributed by atoms with Gasteiger partial charge in [0.15, 0.2) is 0 Å². The zero-order chi connectivity index (χ0) is 23.5. The number of rotatable bonds is 4. The van der Waals surface area contributed by atoms with Crippen LogP contribution in [0.2, 0.25) is 5.02 Å². The summed E-state index contributed by atoms with van der Waals surface area (Å²) in [5.74, 6) is -1.41. The van der Waals surface area contributed by atoms with Crippen LogP contribution in [0.15, 0.2) is 52.4 Å². The first-order valence-electron chi connectivity index (χ1n) is 9.24. The van der Waals surface area contributed by atoms with Gasteiger partial charge in [-0.3, -0.25) is 14.9 Å². The Morgan fingerprint density at radius 1 is 1.19 bits per heavy atom. The maximum absolute atomic E-state index is 13.0. The van der Waals surface area contributed by atoms with Crippen LogP contribution < -0.4 is 21.7 Å². The third kappa shape index (κ3) is 5.97. The van der Waals surface area contributed by atoms with Crippen LogP contribution in [-0.4, -0.2) is 29.8 Å². The molecule has 0 radical (unpaired) electrons. The highest BCUT2D eigenvalue weighted by Crippen LogP contribution is 2.36. The number of nitrogens with two attached hydrogens (primary N) is 1. The molecule has 1 aliphatic heterocycles. The molecular formula is C20H18ClF3N6O2. The summed E-state index contributed by atoms with van der Waals surface area (Å²) >= 11 is 5.56. The number of carbonyl (C=O) groups excluding carboxylic acids is 2. The predicted molar refractivity (Wildman–Crippen MR) is 115 cm³/mol. The van der Waals surface area contributed by atoms with Gasteiger partial charge >= 0.3 is 6.18 Å². The lowest BCUT2D eigenvalue weighted by Crippen LogP contribution is -2.32. The van der Waals surface area contributed by atoms with Crippen molar-refractivity contribution in [3.8, 4) is 0 Å². The average molecular weight is 467 g/mol. The number of alkyl halides is 3. The van der Waals surface area contributed by atoms with Crippen LogP contribution in [-0.2, 0) is 15.8 Å². The van der Waals surface area contributed by atoms with Gasteiger partial charge < -0.3 is 16.4 Å². The second-order valence-corrected chi connectivity index (χ2v) is 7.30. The van der Waals surface area contributed by atoms with Crippen LogP contribution in [0.3, 0.4) is 0 Å². The first-order valence-corrected chi connectivity index (χ1v) is 9.62. The highest BCUT2D eigenvalue weighted by atomic mass is 35.5. The van der Waals surface area contributed by atoms with Gasteiger partial charge in [-0.15, -0.1) is 0 Å². The summed E-state index contributed by atoms with van der Waals surface area (Å²) in [6.45, 7) is 1.93. The fourth-order valence-electron chi connectivity index (χ4n) is 2.76. The number of aryl methyl sites for hydroxylation is 1. The average Bonchev–Trinajstić information content (AvgIpc) is 3.02. The Kier molecular flexibility index (Phi) is 6.68. The smallest absolute Gasteiger partial charge is 0.369 e. The second kappa shape index (κ2) is 9.27. The number of guanidine groups is 2. The first kappa shape index (κ1) is 23.1. The van der Waals surface area contributed by atoms with Crippen molar-refractivity contribution >= 4 is 46.7 Å². The summed E-state index contributed by atoms with van der Waals surface area (Å²) in [6, 6.07) is 9.19. The van der Waals surface area contributed by atoms with Gasteiger partial charge in [-0.2, -0.15) is 18.2 Å². The number of hydrogen-bond acceptors (Lipinski definition) is 4. The topological polar surface area (TPSA) is 121 Å². The van der Waals surface area contributed by atoms with Crippen molar-refractivity contribution < 1.29 is 22.8 Å². The number of hydrogen-bond donors (Lipinski definition) is 4. The van der Waals surface area contributed by atoms with Crippen molar-refractivity contribution in [3.05, 3.63) is 58.6 Å². The Labute approximate surface area is 185 Å². The van der Waals surface area contributed by atoms with E-state index in [0.29, 0.717) is 11.8 Å². The molecule has 8 nitrogen and oxygen atoms in total. The van der Waals surface area contributed by atoms with Gasteiger partial charge in [-0.25, -0.2) is 4.99 Å². The third-order valence-electron chi connectivity index (χ3n) is 4.30. The number of halogens is 4. The highest BCUT2D eigenvalue weighted by molar-refractivity contribution is 6.31. The normalized spacial score (nSPS) is 16.4. The largest absolute Gasteiger partial charge is 0.417 e. The van der Waals surface area contributed by atoms with Gasteiger partial charge in [0, 0.05) is 11.4 Å². The predicted octanol–water partition coefficient (Wildman–Crippen LogP) is 3.28. The van der Waals surface area contributed by atoms with E-state index in [2.05, 4.69) is 25.9 Å². The van der Waals surface area contributed by atoms with Gasteiger partial charge in [0.2, 0.25) is 17.8 Å². The standard InChI is InChI=1S/C20H18ClF3N6O2/c1-10-2-4-11(5-3-10)27-18(25)30-19-28-15(17(32)29-19)9-16(31)26-12-6-7-14(21)13(8-12)20(22,23)24/h2-8,15H,9H2,1H3,(H,26,31)(H4,25,27,28,29,30,32). The summed E-state index contributed by atoms with van der Waals surface area (Å²) in [5, 5.41) is 7.04. The first-order chi connectivity index (χ1) is 15.0. The van der Waals surface area contributed by atoms with Crippen molar-refractivity contribution in [2.24, 2.45) is 15.7 Å². The molecule has 0 bridgehead atoms. The highest BCUT2D eigenvalue weighted by Gasteiger charge is 2.34. The molecule has 2 aromatic carbocycles. The van der Waals surface area contributed by atoms with Gasteiger partial charge in [0.25, 0.3) is 5.91 Å². The molecule has 2 aromatic rings. The molecule has 1 aliphatic rings. The number of anilines is 2. The molecule has 12 heteroatoms. The lowest BCUT2D eigenvalue weighted by atomic mass is 10.1. The molecule has 3 rings (SSSR count). The minimum Gasteiger partial charge on any atom is -0.369 e. The molecule has 1 heterocycles. The van der Waals surface area contributed by atoms with E-state index >= 15 is 0 Å². The van der Waals surface area contributed by atoms with Crippen molar-refractivity contribution in [1.29, 1.82) is 0 Å². The van der Waals surface area contributed by atoms with E-state index in [4.69, 9.17) is 17.3 Å². The van der Waals surface area contributed by atoms with Gasteiger partial charge in [-0.1, -0.05) is 29.3 Å². The summed E-state index contributed by atoms with van der Waals surface area (Å²) in [5.41, 5.74) is 6.35. The summed E-state index contributed by atoms with van der Waals surface area (Å²) in [4.78, 5) is 32.3. The number of nitrogens with one attached hydrogen (secondary N) is 3. The Morgan fingerprint density at radius 2 is 1.84 bits per heavy atom. The van der Waals surface area contributed by atoms with E-state index in [0.717, 1.165) is 11.6 Å². The number of carbonyl (C=O) groups is 2. The van der Waals surface area contributed by atoms with Crippen LogP contribution >= 0.6 is 11.6 Å². The number of aliphatic imine (C=N–C) groups is 2. The molecule has 1 atom stereocenters. The van der Waals surface area contributed by atoms with E-state index < -0.39 is 41.0 Å². The van der Waals surface area contributed by atoms with Gasteiger partial charge in [0.05, 0.1) is 17.0 Å². The van der Waals surface area contributed by atoms with Gasteiger partial charge in [0.1, 0.15) is 6.04 Å². The lowest BCUT2D eigenvalue weighted by Gasteiger charge is -2.12. The number of benzene rings is 2. The number of nitrogens with zero attached hydrogens (tertiary/aromatic N) is 2. The van der Waals surface area contributed by atoms with E-state index in [1.165, 1.54) is 6.07 Å². The minimum absolute atomic E-state index is 0.0288. The molecule has 0 aromatic heterocycles. The van der Waals surface area contributed by atoms with E-state index in [1.807, 2.05) is 19.1 Å². The monoisotopic (exact) mass is 466 g/mol. The van der Waals surface area contributed by atoms with Crippen molar-refractivity contribution in [1.82, 2.24) is 5.32 Å². The summed E-state index contributed by atoms with van der Waals surface area (Å²) < 4.78 is 38.9. The van der Waals surface area contributed by atoms with Crippen LogP contribution in [0.4, 0.5) is 24.5 Å². The van der Waals surface area contributed by atoms with Crippen molar-refractivity contribution in [2.75, 3.05) is 10.6 Å². The maximum atomic E-state index is 13.0. The molecule has 0 spiro atoms. The number of amides is 2. The lowest BCUT2D eigenvalue weighted by molar-refractivity contribution is -0.137. The summed E-state index contributed by atoms with van der Waals surface area (Å²) in [7, 11) is 0. The Hall–Kier alpha value is -3.60. The van der Waals surface area contributed by atoms with Crippen LogP contribution in [0, 0.1) is 6.92 Å². The fourth-order valence-corrected chi connectivity index (χ4v) is 2.99. The molecule has 0 fully saturated rings. The van der Waals surface area contributed by atoms with E-state index in [9.17, 15) is 22.8 Å². The van der Waals surface area contributed by atoms with Crippen molar-refractivity contribution in [2.45, 2.75) is 25.6 Å². The third-order valence-corrected chi connectivity index (χ3v) is 4.63. The fraction of sp³-hybridized carbons (Fsp3) is 0.200. The molecule has 5 N–H and O–H groups in total. The molecule has 0 aliphatic carbocycles. The maximum Gasteiger partial charge on any atom is 0.417 e. The molecule has 0 saturated heterocycles. The van der Waals surface area contributed by atoms with Gasteiger partial charge in [-0.05, 0) is 37.3 Å². The zero-order valence-corrected chi connectivity index (χ0v) is 17.4. The Morgan fingerprint density at radius 3 is 2.50 bits per heavy atom. The molecule has 168 valence electrons. The minimum atomic E-state index is -4.67. The van der Waals surface area contributed by atoms with Crippen LogP contribution in [0.1, 0.15) is 17.5 Å². The Bertz CT molecular complexity index is 1100. The second-order valence-electron chi connectivity index (χ2n) is 6.89. The van der Waals surface area contributed by atoms with Crippen LogP contribution in [0.25, 0.3) is 0 Å². The SMILES string of the molecule is Cc1ccc(N/C(N)=N/C2=NC(CC(=O)Nc3ccc(Cl)c(C(F)(F)F)c3)C(=O)N2)cc1. The molecule has 0 saturated carbocycles. The Balaban J connectivity index is 1.63. The quantitative estimate of drug-likeness (QED) is 0.408. The zero-order valence-electron chi connectivity index (χ0n) is 16.6. The molecule has 2 amide bonds. The summed E-state index contributed by atoms with van der Waals surface area (Å²) in [6.07, 6.45) is -5.08. The molecular weight excluding hydrogens is 449 g/mol. The van der Waals surface area contributed by atoms with Crippen LogP contribution in [0.5, 0.6) is 0 Å². The van der Waals surface area contributed by atoms with E-state index in [-0.39, 0.29) is 17.6 Å². The molecule has 32 heavy (non-hydrogen) atoms.